The molecule has 0 rings (SSSR count). The first-order valence-electron chi connectivity index (χ1n) is 6.48. The highest BCUT2D eigenvalue weighted by molar-refractivity contribution is 6.53. The molecule has 0 aliphatic carbocycles. The number of hydrogen-bond donors (Lipinski definition) is 0. The fourth-order valence-corrected chi connectivity index (χ4v) is 2.72. The summed E-state index contributed by atoms with van der Waals surface area (Å²) in [5.41, 5.74) is 0. The molecule has 1 atom stereocenters. The molecule has 0 N–H and O–H groups in total. The molecule has 0 radical (unpaired) electrons. The van der Waals surface area contributed by atoms with Gasteiger partial charge in [-0.3, -0.25) is 0 Å². The lowest BCUT2D eigenvalue weighted by atomic mass is 10.5. The molecule has 0 aromatic carbocycles. The number of hydrogen-bond acceptors (Lipinski definition) is 6. The standard InChI is InChI=1S/C13H22O6Si/c1-5-10-18-11(14)8-9-12(15)19-20(4)13(16-6-2)17-7-3/h5,8-10,13,20H,6-7H2,1-4H3/b9-8-,10-5?. The van der Waals surface area contributed by atoms with E-state index in [0.29, 0.717) is 13.2 Å². The third-order valence-corrected chi connectivity index (χ3v) is 3.78. The predicted molar refractivity (Wildman–Crippen MR) is 76.2 cm³/mol. The van der Waals surface area contributed by atoms with Gasteiger partial charge in [0.05, 0.1) is 6.26 Å². The van der Waals surface area contributed by atoms with E-state index in [1.54, 1.807) is 19.5 Å². The molecule has 0 saturated heterocycles. The quantitative estimate of drug-likeness (QED) is 0.211. The first-order chi connectivity index (χ1) is 9.54. The average Bonchev–Trinajstić information content (AvgIpc) is 2.42. The Hall–Kier alpha value is -1.44. The Kier molecular flexibility index (Phi) is 10.6. The van der Waals surface area contributed by atoms with Crippen LogP contribution in [0.3, 0.4) is 0 Å². The minimum atomic E-state index is -2.01. The lowest BCUT2D eigenvalue weighted by molar-refractivity contribution is -0.135. The summed E-state index contributed by atoms with van der Waals surface area (Å²) >= 11 is 0. The van der Waals surface area contributed by atoms with E-state index < -0.39 is 26.9 Å². The van der Waals surface area contributed by atoms with Crippen molar-refractivity contribution in [2.24, 2.45) is 0 Å². The predicted octanol–water partition coefficient (Wildman–Crippen LogP) is 1.45. The van der Waals surface area contributed by atoms with Crippen LogP contribution in [-0.2, 0) is 28.2 Å². The minimum Gasteiger partial charge on any atom is -0.514 e. The van der Waals surface area contributed by atoms with Crippen LogP contribution in [0.15, 0.2) is 24.5 Å². The number of allylic oxidation sites excluding steroid dienone is 1. The number of ether oxygens (including phenoxy) is 3. The first kappa shape index (κ1) is 18.6. The van der Waals surface area contributed by atoms with E-state index in [1.807, 2.05) is 13.8 Å². The summed E-state index contributed by atoms with van der Waals surface area (Å²) in [6, 6.07) is 0. The molecule has 0 spiro atoms. The number of rotatable bonds is 9. The van der Waals surface area contributed by atoms with Crippen molar-refractivity contribution in [2.45, 2.75) is 33.2 Å². The van der Waals surface area contributed by atoms with Crippen LogP contribution >= 0.6 is 0 Å². The maximum absolute atomic E-state index is 11.5. The minimum absolute atomic E-state index is 0.477. The highest BCUT2D eigenvalue weighted by Gasteiger charge is 2.23. The van der Waals surface area contributed by atoms with Crippen LogP contribution in [-0.4, -0.2) is 40.1 Å². The first-order valence-corrected chi connectivity index (χ1v) is 8.78. The van der Waals surface area contributed by atoms with Crippen LogP contribution < -0.4 is 0 Å². The van der Waals surface area contributed by atoms with Crippen LogP contribution in [0.2, 0.25) is 6.55 Å². The van der Waals surface area contributed by atoms with E-state index in [1.165, 1.54) is 6.26 Å². The molecular formula is C13H22O6Si. The maximum atomic E-state index is 11.5. The van der Waals surface area contributed by atoms with Gasteiger partial charge in [0, 0.05) is 25.4 Å². The second-order valence-corrected chi connectivity index (χ2v) is 5.85. The summed E-state index contributed by atoms with van der Waals surface area (Å²) in [7, 11) is -2.01. The molecule has 7 heteroatoms. The summed E-state index contributed by atoms with van der Waals surface area (Å²) in [6.45, 7) is 8.13. The van der Waals surface area contributed by atoms with Crippen molar-refractivity contribution >= 4 is 21.0 Å². The smallest absolute Gasteiger partial charge is 0.335 e. The van der Waals surface area contributed by atoms with Crippen molar-refractivity contribution in [3.05, 3.63) is 24.5 Å². The van der Waals surface area contributed by atoms with Crippen LogP contribution in [0, 0.1) is 0 Å². The van der Waals surface area contributed by atoms with E-state index in [0.717, 1.165) is 12.2 Å². The molecule has 0 aromatic rings. The molecule has 0 fully saturated rings. The van der Waals surface area contributed by atoms with Crippen molar-refractivity contribution in [3.63, 3.8) is 0 Å². The third-order valence-electron chi connectivity index (χ3n) is 2.02. The van der Waals surface area contributed by atoms with Crippen molar-refractivity contribution in [3.8, 4) is 0 Å². The van der Waals surface area contributed by atoms with Crippen LogP contribution in [0.1, 0.15) is 20.8 Å². The van der Waals surface area contributed by atoms with E-state index >= 15 is 0 Å². The van der Waals surface area contributed by atoms with Crippen molar-refractivity contribution in [1.29, 1.82) is 0 Å². The maximum Gasteiger partial charge on any atom is 0.335 e. The van der Waals surface area contributed by atoms with Gasteiger partial charge in [-0.25, -0.2) is 9.59 Å². The lowest BCUT2D eigenvalue weighted by Gasteiger charge is -2.21. The molecule has 0 aliphatic rings. The topological polar surface area (TPSA) is 71.1 Å². The van der Waals surface area contributed by atoms with Gasteiger partial charge in [0.1, 0.15) is 0 Å². The number of carbonyl (C=O) groups is 2. The summed E-state index contributed by atoms with van der Waals surface area (Å²) < 4.78 is 20.6. The molecule has 0 saturated carbocycles. The third kappa shape index (κ3) is 8.62. The second kappa shape index (κ2) is 11.4. The van der Waals surface area contributed by atoms with Gasteiger partial charge in [-0.1, -0.05) is 6.08 Å². The van der Waals surface area contributed by atoms with Gasteiger partial charge < -0.3 is 18.6 Å². The Morgan fingerprint density at radius 3 is 2.15 bits per heavy atom. The molecule has 0 aliphatic heterocycles. The zero-order valence-electron chi connectivity index (χ0n) is 12.3. The lowest BCUT2D eigenvalue weighted by Crippen LogP contribution is -2.37. The van der Waals surface area contributed by atoms with E-state index in [9.17, 15) is 9.59 Å². The Labute approximate surface area is 121 Å². The summed E-state index contributed by atoms with van der Waals surface area (Å²) in [4.78, 5) is 22.7. The summed E-state index contributed by atoms with van der Waals surface area (Å²) in [6.07, 6.45) is 4.84. The van der Waals surface area contributed by atoms with Crippen molar-refractivity contribution in [1.82, 2.24) is 0 Å². The summed E-state index contributed by atoms with van der Waals surface area (Å²) in [5, 5.41) is 0. The molecule has 6 nitrogen and oxygen atoms in total. The molecule has 20 heavy (non-hydrogen) atoms. The van der Waals surface area contributed by atoms with Gasteiger partial charge in [-0.05, 0) is 27.3 Å². The molecular weight excluding hydrogens is 280 g/mol. The fourth-order valence-electron chi connectivity index (χ4n) is 1.24. The van der Waals surface area contributed by atoms with E-state index in [2.05, 4.69) is 4.74 Å². The van der Waals surface area contributed by atoms with Crippen LogP contribution in [0.5, 0.6) is 0 Å². The van der Waals surface area contributed by atoms with Crippen LogP contribution in [0.25, 0.3) is 0 Å². The van der Waals surface area contributed by atoms with Gasteiger partial charge in [0.15, 0.2) is 5.91 Å². The number of carbonyl (C=O) groups excluding carboxylic acids is 2. The normalized spacial score (nSPS) is 13.1. The number of esters is 1. The second-order valence-electron chi connectivity index (χ2n) is 3.66. The summed E-state index contributed by atoms with van der Waals surface area (Å²) in [5.74, 6) is -1.73. The molecule has 0 bridgehead atoms. The molecule has 0 heterocycles. The average molecular weight is 302 g/mol. The van der Waals surface area contributed by atoms with Gasteiger partial charge in [-0.2, -0.15) is 0 Å². The molecule has 114 valence electrons. The van der Waals surface area contributed by atoms with E-state index in [4.69, 9.17) is 13.9 Å². The van der Waals surface area contributed by atoms with Crippen molar-refractivity contribution in [2.75, 3.05) is 13.2 Å². The van der Waals surface area contributed by atoms with Gasteiger partial charge >= 0.3 is 11.9 Å². The molecule has 1 unspecified atom stereocenters. The Morgan fingerprint density at radius 2 is 1.65 bits per heavy atom. The molecule has 0 aromatic heterocycles. The van der Waals surface area contributed by atoms with E-state index in [-0.39, 0.29) is 0 Å². The Bertz CT molecular complexity index is 347. The monoisotopic (exact) mass is 302 g/mol. The van der Waals surface area contributed by atoms with Crippen molar-refractivity contribution < 1.29 is 28.2 Å². The fraction of sp³-hybridized carbons (Fsp3) is 0.538. The highest BCUT2D eigenvalue weighted by atomic mass is 28.3. The highest BCUT2D eigenvalue weighted by Crippen LogP contribution is 2.03. The van der Waals surface area contributed by atoms with Gasteiger partial charge in [-0.15, -0.1) is 0 Å². The zero-order valence-corrected chi connectivity index (χ0v) is 13.5. The SMILES string of the molecule is CC=COC(=O)/C=C\C(=O)O[SiH](C)C(OCC)OCC. The Balaban J connectivity index is 4.29. The van der Waals surface area contributed by atoms with Gasteiger partial charge in [0.25, 0.3) is 9.04 Å². The molecule has 0 amide bonds. The van der Waals surface area contributed by atoms with Crippen LogP contribution in [0.4, 0.5) is 0 Å². The Morgan fingerprint density at radius 1 is 1.10 bits per heavy atom. The zero-order chi connectivity index (χ0) is 15.4. The van der Waals surface area contributed by atoms with Gasteiger partial charge in [0.2, 0.25) is 0 Å². The largest absolute Gasteiger partial charge is 0.514 e.